The highest BCUT2D eigenvalue weighted by atomic mass is 79.9. The van der Waals surface area contributed by atoms with Gasteiger partial charge in [0.25, 0.3) is 5.91 Å². The number of hydrogen-bond donors (Lipinski definition) is 1. The van der Waals surface area contributed by atoms with Gasteiger partial charge >= 0.3 is 0 Å². The summed E-state index contributed by atoms with van der Waals surface area (Å²) in [4.78, 5) is 12.0. The van der Waals surface area contributed by atoms with Gasteiger partial charge in [-0.25, -0.2) is 0 Å². The van der Waals surface area contributed by atoms with E-state index in [-0.39, 0.29) is 11.3 Å². The Morgan fingerprint density at radius 2 is 2.12 bits per heavy atom. The van der Waals surface area contributed by atoms with Crippen molar-refractivity contribution in [2.24, 2.45) is 5.41 Å². The van der Waals surface area contributed by atoms with Crippen molar-refractivity contribution in [3.05, 3.63) is 33.3 Å². The Kier molecular flexibility index (Phi) is 5.02. The highest BCUT2D eigenvalue weighted by Gasteiger charge is 2.18. The summed E-state index contributed by atoms with van der Waals surface area (Å²) in [6.45, 7) is 7.00. The van der Waals surface area contributed by atoms with Gasteiger partial charge in [-0.15, -0.1) is 0 Å². The summed E-state index contributed by atoms with van der Waals surface area (Å²) in [7, 11) is 0. The van der Waals surface area contributed by atoms with Crippen LogP contribution in [0.3, 0.4) is 0 Å². The number of carbonyl (C=O) groups is 1. The zero-order valence-electron chi connectivity index (χ0n) is 10.3. The lowest BCUT2D eigenvalue weighted by Gasteiger charge is -2.23. The third-order valence-electron chi connectivity index (χ3n) is 2.86. The fourth-order valence-electron chi connectivity index (χ4n) is 1.21. The number of carbonyl (C=O) groups excluding carboxylic acids is 1. The van der Waals surface area contributed by atoms with Crippen LogP contribution in [0.2, 0.25) is 5.02 Å². The van der Waals surface area contributed by atoms with E-state index in [0.29, 0.717) is 17.1 Å². The van der Waals surface area contributed by atoms with Crippen LogP contribution in [-0.2, 0) is 0 Å². The third-order valence-corrected chi connectivity index (χ3v) is 3.68. The standard InChI is InChI=1S/C13H17BrClNO/c1-4-13(2,3)8-16-12(17)10-7-9(14)5-6-11(10)15/h5-7H,4,8H2,1-3H3,(H,16,17). The Balaban J connectivity index is 2.74. The summed E-state index contributed by atoms with van der Waals surface area (Å²) in [5.41, 5.74) is 0.613. The molecule has 0 unspecified atom stereocenters. The molecule has 94 valence electrons. The molecule has 0 fully saturated rings. The average molecular weight is 319 g/mol. The molecule has 2 nitrogen and oxygen atoms in total. The van der Waals surface area contributed by atoms with Crippen LogP contribution in [-0.4, -0.2) is 12.5 Å². The fourth-order valence-corrected chi connectivity index (χ4v) is 1.78. The van der Waals surface area contributed by atoms with E-state index in [1.807, 2.05) is 6.07 Å². The van der Waals surface area contributed by atoms with Crippen molar-refractivity contribution in [1.82, 2.24) is 5.32 Å². The zero-order chi connectivity index (χ0) is 13.1. The number of halogens is 2. The van der Waals surface area contributed by atoms with Crippen LogP contribution in [0.25, 0.3) is 0 Å². The first-order valence-corrected chi connectivity index (χ1v) is 6.76. The van der Waals surface area contributed by atoms with Crippen LogP contribution >= 0.6 is 27.5 Å². The molecule has 0 aliphatic rings. The Morgan fingerprint density at radius 3 is 2.71 bits per heavy atom. The molecular formula is C13H17BrClNO. The zero-order valence-corrected chi connectivity index (χ0v) is 12.7. The Hall–Kier alpha value is -0.540. The number of nitrogens with one attached hydrogen (secondary N) is 1. The lowest BCUT2D eigenvalue weighted by atomic mass is 9.90. The molecule has 1 N–H and O–H groups in total. The molecular weight excluding hydrogens is 302 g/mol. The normalized spacial score (nSPS) is 11.4. The summed E-state index contributed by atoms with van der Waals surface area (Å²) < 4.78 is 0.849. The summed E-state index contributed by atoms with van der Waals surface area (Å²) in [5, 5.41) is 3.39. The van der Waals surface area contributed by atoms with E-state index < -0.39 is 0 Å². The predicted molar refractivity (Wildman–Crippen MR) is 75.6 cm³/mol. The van der Waals surface area contributed by atoms with Crippen LogP contribution in [0.5, 0.6) is 0 Å². The van der Waals surface area contributed by atoms with E-state index in [4.69, 9.17) is 11.6 Å². The molecule has 0 radical (unpaired) electrons. The molecule has 0 saturated carbocycles. The van der Waals surface area contributed by atoms with E-state index in [0.717, 1.165) is 10.9 Å². The molecule has 1 rings (SSSR count). The number of rotatable bonds is 4. The van der Waals surface area contributed by atoms with Gasteiger partial charge in [-0.05, 0) is 30.0 Å². The quantitative estimate of drug-likeness (QED) is 0.882. The first-order valence-electron chi connectivity index (χ1n) is 5.59. The largest absolute Gasteiger partial charge is 0.351 e. The minimum absolute atomic E-state index is 0.105. The number of hydrogen-bond acceptors (Lipinski definition) is 1. The maximum absolute atomic E-state index is 12.0. The third kappa shape index (κ3) is 4.32. The van der Waals surface area contributed by atoms with Gasteiger partial charge in [0.05, 0.1) is 10.6 Å². The van der Waals surface area contributed by atoms with Crippen molar-refractivity contribution >= 4 is 33.4 Å². The molecule has 0 saturated heterocycles. The van der Waals surface area contributed by atoms with Gasteiger partial charge in [0.2, 0.25) is 0 Å². The average Bonchev–Trinajstić information content (AvgIpc) is 2.29. The van der Waals surface area contributed by atoms with Gasteiger partial charge in [0.1, 0.15) is 0 Å². The second-order valence-electron chi connectivity index (χ2n) is 4.82. The SMILES string of the molecule is CCC(C)(C)CNC(=O)c1cc(Br)ccc1Cl. The lowest BCUT2D eigenvalue weighted by molar-refractivity contribution is 0.0936. The molecule has 1 aromatic carbocycles. The Labute approximate surface area is 116 Å². The molecule has 0 atom stereocenters. The van der Waals surface area contributed by atoms with Crippen molar-refractivity contribution in [1.29, 1.82) is 0 Å². The van der Waals surface area contributed by atoms with Gasteiger partial charge in [0.15, 0.2) is 0 Å². The second-order valence-corrected chi connectivity index (χ2v) is 6.15. The molecule has 4 heteroatoms. The van der Waals surface area contributed by atoms with E-state index in [1.165, 1.54) is 0 Å². The number of amides is 1. The van der Waals surface area contributed by atoms with Crippen molar-refractivity contribution in [3.63, 3.8) is 0 Å². The second kappa shape index (κ2) is 5.87. The summed E-state index contributed by atoms with van der Waals surface area (Å²) in [6, 6.07) is 5.26. The molecule has 0 aliphatic heterocycles. The van der Waals surface area contributed by atoms with Crippen LogP contribution < -0.4 is 5.32 Å². The van der Waals surface area contributed by atoms with Gasteiger partial charge in [-0.1, -0.05) is 48.3 Å². The molecule has 17 heavy (non-hydrogen) atoms. The van der Waals surface area contributed by atoms with E-state index in [2.05, 4.69) is 42.0 Å². The molecule has 1 aromatic rings. The first kappa shape index (κ1) is 14.5. The molecule has 1 amide bonds. The summed E-state index contributed by atoms with van der Waals surface area (Å²) in [5.74, 6) is -0.127. The molecule has 0 heterocycles. The van der Waals surface area contributed by atoms with E-state index >= 15 is 0 Å². The van der Waals surface area contributed by atoms with Crippen molar-refractivity contribution in [3.8, 4) is 0 Å². The highest BCUT2D eigenvalue weighted by molar-refractivity contribution is 9.10. The predicted octanol–water partition coefficient (Wildman–Crippen LogP) is 4.27. The number of benzene rings is 1. The lowest BCUT2D eigenvalue weighted by Crippen LogP contribution is -2.33. The van der Waals surface area contributed by atoms with Gasteiger partial charge in [-0.2, -0.15) is 0 Å². The van der Waals surface area contributed by atoms with Crippen molar-refractivity contribution in [2.45, 2.75) is 27.2 Å². The van der Waals surface area contributed by atoms with Crippen LogP contribution in [0.4, 0.5) is 0 Å². The molecule has 0 aliphatic carbocycles. The van der Waals surface area contributed by atoms with Crippen molar-refractivity contribution < 1.29 is 4.79 Å². The fraction of sp³-hybridized carbons (Fsp3) is 0.462. The molecule has 0 spiro atoms. The van der Waals surface area contributed by atoms with Crippen LogP contribution in [0.15, 0.2) is 22.7 Å². The topological polar surface area (TPSA) is 29.1 Å². The van der Waals surface area contributed by atoms with Crippen molar-refractivity contribution in [2.75, 3.05) is 6.54 Å². The Morgan fingerprint density at radius 1 is 1.47 bits per heavy atom. The minimum atomic E-state index is -0.127. The summed E-state index contributed by atoms with van der Waals surface area (Å²) in [6.07, 6.45) is 1.01. The smallest absolute Gasteiger partial charge is 0.252 e. The maximum Gasteiger partial charge on any atom is 0.252 e. The Bertz CT molecular complexity index is 418. The highest BCUT2D eigenvalue weighted by Crippen LogP contribution is 2.22. The van der Waals surface area contributed by atoms with Gasteiger partial charge in [-0.3, -0.25) is 4.79 Å². The first-order chi connectivity index (χ1) is 7.85. The molecule has 0 bridgehead atoms. The maximum atomic E-state index is 12.0. The van der Waals surface area contributed by atoms with Gasteiger partial charge < -0.3 is 5.32 Å². The summed E-state index contributed by atoms with van der Waals surface area (Å²) >= 11 is 9.32. The minimum Gasteiger partial charge on any atom is -0.351 e. The van der Waals surface area contributed by atoms with Crippen LogP contribution in [0, 0.1) is 5.41 Å². The monoisotopic (exact) mass is 317 g/mol. The van der Waals surface area contributed by atoms with Gasteiger partial charge in [0, 0.05) is 11.0 Å². The van der Waals surface area contributed by atoms with Crippen LogP contribution in [0.1, 0.15) is 37.6 Å². The van der Waals surface area contributed by atoms with E-state index in [1.54, 1.807) is 12.1 Å². The molecule has 0 aromatic heterocycles. The van der Waals surface area contributed by atoms with E-state index in [9.17, 15) is 4.79 Å².